The summed E-state index contributed by atoms with van der Waals surface area (Å²) in [6, 6.07) is 7.65. The summed E-state index contributed by atoms with van der Waals surface area (Å²) in [5, 5.41) is 8.37. The third-order valence-electron chi connectivity index (χ3n) is 6.15. The summed E-state index contributed by atoms with van der Waals surface area (Å²) in [5.74, 6) is 1.44. The number of aromatic nitrogens is 4. The van der Waals surface area contributed by atoms with Crippen LogP contribution in [0.5, 0.6) is 17.2 Å². The summed E-state index contributed by atoms with van der Waals surface area (Å²) in [6.07, 6.45) is 6.02. The van der Waals surface area contributed by atoms with Crippen molar-refractivity contribution in [2.75, 3.05) is 12.4 Å². The monoisotopic (exact) mass is 489 g/mol. The molecule has 0 saturated carbocycles. The second kappa shape index (κ2) is 9.22. The number of rotatable bonds is 6. The first-order chi connectivity index (χ1) is 17.2. The lowest BCUT2D eigenvalue weighted by Crippen LogP contribution is -2.28. The molecule has 0 atom stereocenters. The molecule has 4 aromatic rings. The van der Waals surface area contributed by atoms with Gasteiger partial charge in [-0.3, -0.25) is 14.8 Å². The van der Waals surface area contributed by atoms with E-state index in [-0.39, 0.29) is 23.7 Å². The van der Waals surface area contributed by atoms with Gasteiger partial charge < -0.3 is 14.8 Å². The number of pyridine rings is 2. The van der Waals surface area contributed by atoms with Gasteiger partial charge in [0.1, 0.15) is 28.9 Å². The highest BCUT2D eigenvalue weighted by molar-refractivity contribution is 5.92. The molecule has 0 aliphatic heterocycles. The number of halogens is 1. The number of carbonyl (C=O) groups is 1. The molecule has 1 aliphatic rings. The van der Waals surface area contributed by atoms with Crippen molar-refractivity contribution in [1.82, 2.24) is 19.7 Å². The van der Waals surface area contributed by atoms with Gasteiger partial charge in [0.05, 0.1) is 42.2 Å². The third-order valence-corrected chi connectivity index (χ3v) is 6.15. The fourth-order valence-electron chi connectivity index (χ4n) is 4.46. The van der Waals surface area contributed by atoms with Crippen molar-refractivity contribution in [3.05, 3.63) is 65.5 Å². The van der Waals surface area contributed by atoms with Crippen molar-refractivity contribution in [1.29, 1.82) is 0 Å². The number of amides is 1. The zero-order chi connectivity index (χ0) is 25.4. The van der Waals surface area contributed by atoms with Gasteiger partial charge in [0.15, 0.2) is 0 Å². The van der Waals surface area contributed by atoms with E-state index in [4.69, 9.17) is 14.6 Å². The normalized spacial score (nSPS) is 13.0. The van der Waals surface area contributed by atoms with Gasteiger partial charge in [0.25, 0.3) is 0 Å². The Kier molecular flexibility index (Phi) is 6.07. The highest BCUT2D eigenvalue weighted by Gasteiger charge is 2.28. The molecule has 1 aliphatic carbocycles. The van der Waals surface area contributed by atoms with E-state index < -0.39 is 0 Å². The van der Waals surface area contributed by atoms with E-state index >= 15 is 0 Å². The molecular weight excluding hydrogens is 461 g/mol. The maximum absolute atomic E-state index is 13.8. The zero-order valence-electron chi connectivity index (χ0n) is 20.8. The molecule has 5 rings (SSSR count). The van der Waals surface area contributed by atoms with Gasteiger partial charge in [-0.25, -0.2) is 9.07 Å². The van der Waals surface area contributed by atoms with Crippen LogP contribution in [0.1, 0.15) is 44.1 Å². The van der Waals surface area contributed by atoms with Gasteiger partial charge in [-0.1, -0.05) is 0 Å². The number of anilines is 1. The Morgan fingerprint density at radius 1 is 1.14 bits per heavy atom. The molecule has 0 spiro atoms. The first-order valence-electron chi connectivity index (χ1n) is 11.9. The van der Waals surface area contributed by atoms with E-state index in [9.17, 15) is 9.18 Å². The van der Waals surface area contributed by atoms with Crippen molar-refractivity contribution in [2.24, 2.45) is 0 Å². The highest BCUT2D eigenvalue weighted by Crippen LogP contribution is 2.34. The van der Waals surface area contributed by atoms with Gasteiger partial charge in [-0.15, -0.1) is 0 Å². The molecule has 0 bridgehead atoms. The Hall–Kier alpha value is -4.01. The number of aryl methyl sites for hydroxylation is 1. The van der Waals surface area contributed by atoms with E-state index in [0.29, 0.717) is 33.8 Å². The van der Waals surface area contributed by atoms with Crippen LogP contribution in [0.15, 0.2) is 42.7 Å². The fraction of sp³-hybridized carbons (Fsp3) is 0.333. The standard InChI is InChI=1S/C27H28FN5O3/c1-27(2,3)33-26(18-6-5-7-21(18)32-33)31-25(34)14-22-24(35-4)13-17(15-30-22)36-23-10-11-29-20-9-8-16(28)12-19(20)23/h8-13,15H,5-7,14H2,1-4H3,(H,31,34). The van der Waals surface area contributed by atoms with E-state index in [1.54, 1.807) is 24.4 Å². The number of hydrogen-bond acceptors (Lipinski definition) is 6. The second-order valence-corrected chi connectivity index (χ2v) is 9.83. The fourth-order valence-corrected chi connectivity index (χ4v) is 4.46. The van der Waals surface area contributed by atoms with Crippen molar-refractivity contribution < 1.29 is 18.7 Å². The smallest absolute Gasteiger partial charge is 0.231 e. The second-order valence-electron chi connectivity index (χ2n) is 9.83. The molecule has 1 aromatic carbocycles. The van der Waals surface area contributed by atoms with Crippen molar-refractivity contribution >= 4 is 22.6 Å². The van der Waals surface area contributed by atoms with Crippen LogP contribution in [-0.4, -0.2) is 32.8 Å². The van der Waals surface area contributed by atoms with Crippen molar-refractivity contribution in [3.8, 4) is 17.2 Å². The SMILES string of the molecule is COc1cc(Oc2ccnc3ccc(F)cc23)cnc1CC(=O)Nc1c2c(nn1C(C)(C)C)CCC2. The summed E-state index contributed by atoms with van der Waals surface area (Å²) in [5.41, 5.74) is 3.00. The molecule has 9 heteroatoms. The van der Waals surface area contributed by atoms with E-state index in [1.165, 1.54) is 25.4 Å². The van der Waals surface area contributed by atoms with Gasteiger partial charge in [0, 0.05) is 23.2 Å². The number of carbonyl (C=O) groups excluding carboxylic acids is 1. The molecular formula is C27H28FN5O3. The minimum absolute atomic E-state index is 0.0248. The lowest BCUT2D eigenvalue weighted by atomic mass is 10.1. The predicted molar refractivity (Wildman–Crippen MR) is 134 cm³/mol. The average molecular weight is 490 g/mol. The van der Waals surface area contributed by atoms with Crippen molar-refractivity contribution in [3.63, 3.8) is 0 Å². The lowest BCUT2D eigenvalue weighted by Gasteiger charge is -2.23. The van der Waals surface area contributed by atoms with Crippen LogP contribution in [0.25, 0.3) is 10.9 Å². The largest absolute Gasteiger partial charge is 0.495 e. The van der Waals surface area contributed by atoms with Gasteiger partial charge >= 0.3 is 0 Å². The summed E-state index contributed by atoms with van der Waals surface area (Å²) < 4.78 is 27.2. The van der Waals surface area contributed by atoms with E-state index in [0.717, 1.165) is 36.3 Å². The topological polar surface area (TPSA) is 91.2 Å². The van der Waals surface area contributed by atoms with Crippen molar-refractivity contribution in [2.45, 2.75) is 52.0 Å². The minimum Gasteiger partial charge on any atom is -0.495 e. The molecule has 1 amide bonds. The Morgan fingerprint density at radius 2 is 1.97 bits per heavy atom. The third kappa shape index (κ3) is 4.60. The summed E-state index contributed by atoms with van der Waals surface area (Å²) in [4.78, 5) is 21.7. The molecule has 36 heavy (non-hydrogen) atoms. The predicted octanol–water partition coefficient (Wildman–Crippen LogP) is 5.19. The van der Waals surface area contributed by atoms with Crippen LogP contribution in [0, 0.1) is 5.82 Å². The maximum atomic E-state index is 13.8. The molecule has 1 N–H and O–H groups in total. The van der Waals surface area contributed by atoms with Crippen LogP contribution >= 0.6 is 0 Å². The van der Waals surface area contributed by atoms with Gasteiger partial charge in [-0.05, 0) is 64.3 Å². The number of ether oxygens (including phenoxy) is 2. The maximum Gasteiger partial charge on any atom is 0.231 e. The van der Waals surface area contributed by atoms with Crippen LogP contribution in [-0.2, 0) is 29.6 Å². The molecule has 186 valence electrons. The van der Waals surface area contributed by atoms with Crippen LogP contribution < -0.4 is 14.8 Å². The number of hydrogen-bond donors (Lipinski definition) is 1. The van der Waals surface area contributed by atoms with Crippen LogP contribution in [0.3, 0.4) is 0 Å². The molecule has 3 heterocycles. The highest BCUT2D eigenvalue weighted by atomic mass is 19.1. The Labute approximate surface area is 208 Å². The molecule has 3 aromatic heterocycles. The average Bonchev–Trinajstić information content (AvgIpc) is 3.43. The lowest BCUT2D eigenvalue weighted by molar-refractivity contribution is -0.115. The van der Waals surface area contributed by atoms with E-state index in [1.807, 2.05) is 4.68 Å². The first kappa shape index (κ1) is 23.7. The van der Waals surface area contributed by atoms with E-state index in [2.05, 4.69) is 36.1 Å². The number of methoxy groups -OCH3 is 1. The molecule has 8 nitrogen and oxygen atoms in total. The first-order valence-corrected chi connectivity index (χ1v) is 11.9. The van der Waals surface area contributed by atoms with Crippen LogP contribution in [0.4, 0.5) is 10.2 Å². The summed E-state index contributed by atoms with van der Waals surface area (Å²) >= 11 is 0. The quantitative estimate of drug-likeness (QED) is 0.401. The molecule has 0 saturated heterocycles. The van der Waals surface area contributed by atoms with Crippen LogP contribution in [0.2, 0.25) is 0 Å². The Bertz CT molecular complexity index is 1460. The molecule has 0 radical (unpaired) electrons. The number of benzene rings is 1. The Morgan fingerprint density at radius 3 is 2.75 bits per heavy atom. The molecule has 0 fully saturated rings. The van der Waals surface area contributed by atoms with Gasteiger partial charge in [-0.2, -0.15) is 5.10 Å². The summed E-state index contributed by atoms with van der Waals surface area (Å²) in [7, 11) is 1.51. The number of nitrogens with zero attached hydrogens (tertiary/aromatic N) is 4. The Balaban J connectivity index is 1.36. The number of fused-ring (bicyclic) bond motifs is 2. The summed E-state index contributed by atoms with van der Waals surface area (Å²) in [6.45, 7) is 6.19. The zero-order valence-corrected chi connectivity index (χ0v) is 20.8. The number of nitrogens with one attached hydrogen (secondary N) is 1. The molecule has 0 unspecified atom stereocenters. The van der Waals surface area contributed by atoms with Gasteiger partial charge in [0.2, 0.25) is 5.91 Å². The minimum atomic E-state index is -0.379.